The summed E-state index contributed by atoms with van der Waals surface area (Å²) in [6.07, 6.45) is -4.60. The second-order valence-corrected chi connectivity index (χ2v) is 7.46. The Labute approximate surface area is 172 Å². The van der Waals surface area contributed by atoms with E-state index in [1.807, 2.05) is 0 Å². The van der Waals surface area contributed by atoms with Gasteiger partial charge in [-0.15, -0.1) is 11.3 Å². The fraction of sp³-hybridized carbons (Fsp3) is 0.105. The Bertz CT molecular complexity index is 988. The Kier molecular flexibility index (Phi) is 6.17. The van der Waals surface area contributed by atoms with Gasteiger partial charge in [0.1, 0.15) is 12.4 Å². The Morgan fingerprint density at radius 2 is 1.79 bits per heavy atom. The number of hydrogen-bond donors (Lipinski definition) is 1. The van der Waals surface area contributed by atoms with Gasteiger partial charge in [-0.2, -0.15) is 13.2 Å². The van der Waals surface area contributed by atoms with Gasteiger partial charge in [0.2, 0.25) is 0 Å². The van der Waals surface area contributed by atoms with Crippen molar-refractivity contribution in [2.24, 2.45) is 0 Å². The second kappa shape index (κ2) is 8.43. The van der Waals surface area contributed by atoms with Gasteiger partial charge in [-0.25, -0.2) is 0 Å². The number of thiophene rings is 1. The summed E-state index contributed by atoms with van der Waals surface area (Å²) in [6.45, 7) is 0.241. The van der Waals surface area contributed by atoms with Crippen LogP contribution >= 0.6 is 34.5 Å². The van der Waals surface area contributed by atoms with E-state index in [1.165, 1.54) is 17.4 Å². The molecule has 0 aliphatic carbocycles. The molecular weight excluding hydrogens is 434 g/mol. The third kappa shape index (κ3) is 5.19. The van der Waals surface area contributed by atoms with Gasteiger partial charge in [0, 0.05) is 16.3 Å². The van der Waals surface area contributed by atoms with Crippen LogP contribution in [0.4, 0.5) is 18.9 Å². The highest BCUT2D eigenvalue weighted by Crippen LogP contribution is 2.36. The number of nitrogens with one attached hydrogen (secondary N) is 1. The third-order valence-corrected chi connectivity index (χ3v) is 5.19. The smallest absolute Gasteiger partial charge is 0.417 e. The minimum Gasteiger partial charge on any atom is -0.489 e. The van der Waals surface area contributed by atoms with Crippen LogP contribution in [0.3, 0.4) is 0 Å². The second-order valence-electron chi connectivity index (χ2n) is 5.71. The van der Waals surface area contributed by atoms with Gasteiger partial charge < -0.3 is 10.1 Å². The molecule has 3 nitrogen and oxygen atoms in total. The highest BCUT2D eigenvalue weighted by atomic mass is 35.5. The molecule has 0 radical (unpaired) electrons. The number of rotatable bonds is 5. The molecule has 0 spiro atoms. The number of anilines is 1. The quantitative estimate of drug-likeness (QED) is 0.463. The van der Waals surface area contributed by atoms with Crippen LogP contribution in [0.25, 0.3) is 0 Å². The average Bonchev–Trinajstić information content (AvgIpc) is 3.11. The van der Waals surface area contributed by atoms with E-state index in [2.05, 4.69) is 5.32 Å². The summed E-state index contributed by atoms with van der Waals surface area (Å²) in [5.74, 6) is 0.112. The molecule has 9 heteroatoms. The zero-order valence-electron chi connectivity index (χ0n) is 14.0. The standard InChI is InChI=1S/C19H12Cl2F3NO2S/c20-12-1-4-14(5-2-12)27-9-11-7-17(28-10-11)18(26)25-13-3-6-16(21)15(8-13)19(22,23)24/h1-8,10H,9H2,(H,25,26). The molecule has 3 rings (SSSR count). The van der Waals surface area contributed by atoms with Gasteiger partial charge >= 0.3 is 6.18 Å². The van der Waals surface area contributed by atoms with Crippen molar-refractivity contribution in [3.05, 3.63) is 80.0 Å². The highest BCUT2D eigenvalue weighted by molar-refractivity contribution is 7.12. The molecule has 0 aliphatic rings. The van der Waals surface area contributed by atoms with Gasteiger partial charge in [0.15, 0.2) is 0 Å². The normalized spacial score (nSPS) is 11.3. The Morgan fingerprint density at radius 1 is 1.07 bits per heavy atom. The van der Waals surface area contributed by atoms with Crippen molar-refractivity contribution in [1.82, 2.24) is 0 Å². The Balaban J connectivity index is 1.65. The first-order valence-electron chi connectivity index (χ1n) is 7.86. The SMILES string of the molecule is O=C(Nc1ccc(Cl)c(C(F)(F)F)c1)c1cc(COc2ccc(Cl)cc2)cs1. The van der Waals surface area contributed by atoms with E-state index in [9.17, 15) is 18.0 Å². The minimum atomic E-state index is -4.60. The van der Waals surface area contributed by atoms with Crippen LogP contribution in [0, 0.1) is 0 Å². The van der Waals surface area contributed by atoms with Crippen molar-refractivity contribution in [3.8, 4) is 5.75 Å². The first-order chi connectivity index (χ1) is 13.2. The maximum atomic E-state index is 12.9. The van der Waals surface area contributed by atoms with Crippen LogP contribution in [0.1, 0.15) is 20.8 Å². The number of amides is 1. The molecule has 0 saturated carbocycles. The van der Waals surface area contributed by atoms with Crippen molar-refractivity contribution in [2.75, 3.05) is 5.32 Å². The molecule has 0 unspecified atom stereocenters. The van der Waals surface area contributed by atoms with Gasteiger partial charge in [-0.05, 0) is 53.9 Å². The number of halogens is 5. The molecule has 2 aromatic carbocycles. The van der Waals surface area contributed by atoms with Gasteiger partial charge in [-0.3, -0.25) is 4.79 Å². The summed E-state index contributed by atoms with van der Waals surface area (Å²) in [4.78, 5) is 12.7. The lowest BCUT2D eigenvalue weighted by molar-refractivity contribution is -0.137. The first kappa shape index (κ1) is 20.5. The summed E-state index contributed by atoms with van der Waals surface area (Å²) >= 11 is 12.6. The van der Waals surface area contributed by atoms with Crippen LogP contribution in [-0.2, 0) is 12.8 Å². The van der Waals surface area contributed by atoms with Crippen molar-refractivity contribution in [2.45, 2.75) is 12.8 Å². The molecule has 146 valence electrons. The molecule has 1 amide bonds. The van der Waals surface area contributed by atoms with E-state index >= 15 is 0 Å². The van der Waals surface area contributed by atoms with Gasteiger partial charge in [0.05, 0.1) is 15.5 Å². The predicted molar refractivity (Wildman–Crippen MR) is 105 cm³/mol. The lowest BCUT2D eigenvalue weighted by Gasteiger charge is -2.11. The number of carbonyl (C=O) groups excluding carboxylic acids is 1. The summed E-state index contributed by atoms with van der Waals surface area (Å²) in [6, 6.07) is 11.7. The number of benzene rings is 2. The lowest BCUT2D eigenvalue weighted by atomic mass is 10.2. The van der Waals surface area contributed by atoms with Crippen LogP contribution < -0.4 is 10.1 Å². The maximum absolute atomic E-state index is 12.9. The Hall–Kier alpha value is -2.22. The van der Waals surface area contributed by atoms with Crippen molar-refractivity contribution < 1.29 is 22.7 Å². The Morgan fingerprint density at radius 3 is 2.46 bits per heavy atom. The van der Waals surface area contributed by atoms with E-state index in [-0.39, 0.29) is 12.3 Å². The zero-order valence-corrected chi connectivity index (χ0v) is 16.3. The van der Waals surface area contributed by atoms with E-state index in [0.29, 0.717) is 15.6 Å². The molecule has 0 atom stereocenters. The summed E-state index contributed by atoms with van der Waals surface area (Å²) in [5.41, 5.74) is -0.235. The maximum Gasteiger partial charge on any atom is 0.417 e. The minimum absolute atomic E-state index is 0.00842. The van der Waals surface area contributed by atoms with Gasteiger partial charge in [-0.1, -0.05) is 23.2 Å². The number of ether oxygens (including phenoxy) is 1. The largest absolute Gasteiger partial charge is 0.489 e. The molecule has 1 heterocycles. The fourth-order valence-electron chi connectivity index (χ4n) is 2.28. The topological polar surface area (TPSA) is 38.3 Å². The molecule has 1 N–H and O–H groups in total. The van der Waals surface area contributed by atoms with Crippen molar-refractivity contribution >= 4 is 46.1 Å². The molecule has 1 aromatic heterocycles. The number of carbonyl (C=O) groups is 1. The van der Waals surface area contributed by atoms with Crippen molar-refractivity contribution in [3.63, 3.8) is 0 Å². The van der Waals surface area contributed by atoms with E-state index < -0.39 is 22.7 Å². The van der Waals surface area contributed by atoms with E-state index in [0.717, 1.165) is 17.7 Å². The van der Waals surface area contributed by atoms with Crippen LogP contribution in [-0.4, -0.2) is 5.91 Å². The fourth-order valence-corrected chi connectivity index (χ4v) is 3.42. The first-order valence-corrected chi connectivity index (χ1v) is 9.50. The molecular formula is C19H12Cl2F3NO2S. The number of hydrogen-bond acceptors (Lipinski definition) is 3. The predicted octanol–water partition coefficient (Wildman–Crippen LogP) is 6.91. The van der Waals surface area contributed by atoms with Crippen molar-refractivity contribution in [1.29, 1.82) is 0 Å². The molecule has 28 heavy (non-hydrogen) atoms. The van der Waals surface area contributed by atoms with E-state index in [4.69, 9.17) is 27.9 Å². The lowest BCUT2D eigenvalue weighted by Crippen LogP contribution is -2.12. The van der Waals surface area contributed by atoms with Crippen LogP contribution in [0.5, 0.6) is 5.75 Å². The van der Waals surface area contributed by atoms with E-state index in [1.54, 1.807) is 35.7 Å². The number of alkyl halides is 3. The molecule has 0 aliphatic heterocycles. The van der Waals surface area contributed by atoms with Crippen LogP contribution in [0.15, 0.2) is 53.9 Å². The molecule has 0 saturated heterocycles. The monoisotopic (exact) mass is 445 g/mol. The zero-order chi connectivity index (χ0) is 20.3. The van der Waals surface area contributed by atoms with Crippen LogP contribution in [0.2, 0.25) is 10.0 Å². The third-order valence-electron chi connectivity index (χ3n) is 3.63. The molecule has 0 bridgehead atoms. The molecule has 0 fully saturated rings. The van der Waals surface area contributed by atoms with Gasteiger partial charge in [0.25, 0.3) is 5.91 Å². The highest BCUT2D eigenvalue weighted by Gasteiger charge is 2.33. The summed E-state index contributed by atoms with van der Waals surface area (Å²) < 4.78 is 44.4. The summed E-state index contributed by atoms with van der Waals surface area (Å²) in [7, 11) is 0. The average molecular weight is 446 g/mol. The molecule has 3 aromatic rings. The summed E-state index contributed by atoms with van der Waals surface area (Å²) in [5, 5.41) is 4.36.